The van der Waals surface area contributed by atoms with E-state index in [-0.39, 0.29) is 17.9 Å². The van der Waals surface area contributed by atoms with Gasteiger partial charge in [0, 0.05) is 24.0 Å². The van der Waals surface area contributed by atoms with Gasteiger partial charge < -0.3 is 16.2 Å². The van der Waals surface area contributed by atoms with Crippen molar-refractivity contribution >= 4 is 27.8 Å². The van der Waals surface area contributed by atoms with Gasteiger partial charge >= 0.3 is 5.97 Å². The Bertz CT molecular complexity index is 435. The number of primary amides is 1. The number of carboxylic acids is 1. The molecule has 0 saturated heterocycles. The summed E-state index contributed by atoms with van der Waals surface area (Å²) in [5.41, 5.74) is 6.17. The SMILES string of the molecule is NC(=O)CCNCc1ccc(C(=O)O)cc1Br. The predicted molar refractivity (Wildman–Crippen MR) is 66.6 cm³/mol. The maximum Gasteiger partial charge on any atom is 0.335 e. The number of nitrogens with two attached hydrogens (primary N) is 1. The Kier molecular flexibility index (Phi) is 5.11. The largest absolute Gasteiger partial charge is 0.478 e. The van der Waals surface area contributed by atoms with E-state index in [9.17, 15) is 9.59 Å². The average Bonchev–Trinajstić information content (AvgIpc) is 2.25. The summed E-state index contributed by atoms with van der Waals surface area (Å²) < 4.78 is 0.726. The minimum Gasteiger partial charge on any atom is -0.478 e. The van der Waals surface area contributed by atoms with Gasteiger partial charge in [-0.2, -0.15) is 0 Å². The van der Waals surface area contributed by atoms with Crippen LogP contribution in [0.15, 0.2) is 22.7 Å². The summed E-state index contributed by atoms with van der Waals surface area (Å²) in [6, 6.07) is 4.82. The number of halogens is 1. The number of benzene rings is 1. The van der Waals surface area contributed by atoms with Crippen LogP contribution in [0.3, 0.4) is 0 Å². The highest BCUT2D eigenvalue weighted by molar-refractivity contribution is 9.10. The van der Waals surface area contributed by atoms with Crippen molar-refractivity contribution in [2.75, 3.05) is 6.54 Å². The lowest BCUT2D eigenvalue weighted by Crippen LogP contribution is -2.21. The molecule has 0 heterocycles. The van der Waals surface area contributed by atoms with Gasteiger partial charge in [-0.25, -0.2) is 4.79 Å². The van der Waals surface area contributed by atoms with Crippen molar-refractivity contribution in [1.82, 2.24) is 5.32 Å². The maximum absolute atomic E-state index is 10.7. The predicted octanol–water partition coefficient (Wildman–Crippen LogP) is 1.11. The van der Waals surface area contributed by atoms with Crippen molar-refractivity contribution < 1.29 is 14.7 Å². The molecule has 0 aromatic heterocycles. The fraction of sp³-hybridized carbons (Fsp3) is 0.273. The number of carboxylic acid groups (broad SMARTS) is 1. The van der Waals surface area contributed by atoms with E-state index < -0.39 is 5.97 Å². The summed E-state index contributed by atoms with van der Waals surface area (Å²) >= 11 is 3.30. The first-order valence-electron chi connectivity index (χ1n) is 5.01. The van der Waals surface area contributed by atoms with Crippen LogP contribution in [0.25, 0.3) is 0 Å². The van der Waals surface area contributed by atoms with Gasteiger partial charge in [0.15, 0.2) is 0 Å². The Morgan fingerprint density at radius 1 is 1.41 bits per heavy atom. The molecule has 5 nitrogen and oxygen atoms in total. The Morgan fingerprint density at radius 3 is 2.65 bits per heavy atom. The summed E-state index contributed by atoms with van der Waals surface area (Å²) in [6.07, 6.45) is 0.283. The molecule has 0 aliphatic rings. The van der Waals surface area contributed by atoms with E-state index in [1.54, 1.807) is 12.1 Å². The monoisotopic (exact) mass is 300 g/mol. The van der Waals surface area contributed by atoms with E-state index in [4.69, 9.17) is 10.8 Å². The highest BCUT2D eigenvalue weighted by atomic mass is 79.9. The van der Waals surface area contributed by atoms with Crippen LogP contribution in [0.2, 0.25) is 0 Å². The standard InChI is InChI=1S/C11H13BrN2O3/c12-9-5-7(11(16)17)1-2-8(9)6-14-4-3-10(13)15/h1-2,5,14H,3-4,6H2,(H2,13,15)(H,16,17). The second-order valence-corrected chi connectivity index (χ2v) is 4.36. The third-order valence-electron chi connectivity index (χ3n) is 2.16. The highest BCUT2D eigenvalue weighted by Gasteiger charge is 2.06. The molecule has 1 aromatic rings. The third-order valence-corrected chi connectivity index (χ3v) is 2.90. The van der Waals surface area contributed by atoms with E-state index in [0.717, 1.165) is 10.0 Å². The summed E-state index contributed by atoms with van der Waals surface area (Å²) in [6.45, 7) is 1.05. The number of carbonyl (C=O) groups is 2. The molecule has 6 heteroatoms. The number of hydrogen-bond donors (Lipinski definition) is 3. The van der Waals surface area contributed by atoms with Gasteiger partial charge in [0.05, 0.1) is 5.56 Å². The van der Waals surface area contributed by atoms with Crippen molar-refractivity contribution in [2.24, 2.45) is 5.73 Å². The number of amides is 1. The molecule has 0 aliphatic carbocycles. The zero-order valence-corrected chi connectivity index (χ0v) is 10.7. The van der Waals surface area contributed by atoms with Gasteiger partial charge in [-0.1, -0.05) is 22.0 Å². The maximum atomic E-state index is 10.7. The van der Waals surface area contributed by atoms with Crippen molar-refractivity contribution in [3.05, 3.63) is 33.8 Å². The van der Waals surface area contributed by atoms with E-state index in [0.29, 0.717) is 13.1 Å². The Hall–Kier alpha value is -1.40. The molecule has 0 saturated carbocycles. The van der Waals surface area contributed by atoms with Gasteiger partial charge in [-0.05, 0) is 17.7 Å². The van der Waals surface area contributed by atoms with Crippen LogP contribution in [-0.4, -0.2) is 23.5 Å². The summed E-state index contributed by atoms with van der Waals surface area (Å²) in [5.74, 6) is -1.31. The fourth-order valence-corrected chi connectivity index (χ4v) is 1.78. The minimum atomic E-state index is -0.959. The second kappa shape index (κ2) is 6.36. The molecule has 17 heavy (non-hydrogen) atoms. The molecular weight excluding hydrogens is 288 g/mol. The second-order valence-electron chi connectivity index (χ2n) is 3.50. The molecular formula is C11H13BrN2O3. The molecule has 0 radical (unpaired) electrons. The highest BCUT2D eigenvalue weighted by Crippen LogP contribution is 2.18. The van der Waals surface area contributed by atoms with Gasteiger partial charge in [-0.3, -0.25) is 4.79 Å². The first-order chi connectivity index (χ1) is 8.00. The minimum absolute atomic E-state index is 0.234. The molecule has 0 atom stereocenters. The van der Waals surface area contributed by atoms with Crippen LogP contribution in [0.1, 0.15) is 22.3 Å². The van der Waals surface area contributed by atoms with Crippen LogP contribution in [0.5, 0.6) is 0 Å². The Labute approximate surface area is 107 Å². The smallest absolute Gasteiger partial charge is 0.335 e. The lowest BCUT2D eigenvalue weighted by atomic mass is 10.1. The van der Waals surface area contributed by atoms with Crippen LogP contribution in [0.4, 0.5) is 0 Å². The topological polar surface area (TPSA) is 92.4 Å². The number of hydrogen-bond acceptors (Lipinski definition) is 3. The molecule has 1 amide bonds. The fourth-order valence-electron chi connectivity index (χ4n) is 1.26. The quantitative estimate of drug-likeness (QED) is 0.686. The average molecular weight is 301 g/mol. The molecule has 0 spiro atoms. The Balaban J connectivity index is 2.54. The molecule has 92 valence electrons. The van der Waals surface area contributed by atoms with Crippen LogP contribution in [0, 0.1) is 0 Å². The van der Waals surface area contributed by atoms with E-state index in [2.05, 4.69) is 21.2 Å². The van der Waals surface area contributed by atoms with Gasteiger partial charge in [-0.15, -0.1) is 0 Å². The van der Waals surface area contributed by atoms with Crippen molar-refractivity contribution in [3.8, 4) is 0 Å². The van der Waals surface area contributed by atoms with E-state index in [1.807, 2.05) is 0 Å². The first-order valence-corrected chi connectivity index (χ1v) is 5.80. The normalized spacial score (nSPS) is 10.2. The van der Waals surface area contributed by atoms with E-state index >= 15 is 0 Å². The number of aromatic carboxylic acids is 1. The summed E-state index contributed by atoms with van der Waals surface area (Å²) in [4.78, 5) is 21.2. The third kappa shape index (κ3) is 4.54. The molecule has 0 bridgehead atoms. The van der Waals surface area contributed by atoms with E-state index in [1.165, 1.54) is 6.07 Å². The zero-order chi connectivity index (χ0) is 12.8. The lowest BCUT2D eigenvalue weighted by molar-refractivity contribution is -0.117. The van der Waals surface area contributed by atoms with Gasteiger partial charge in [0.2, 0.25) is 5.91 Å². The summed E-state index contributed by atoms with van der Waals surface area (Å²) in [7, 11) is 0. The molecule has 0 aliphatic heterocycles. The number of nitrogens with one attached hydrogen (secondary N) is 1. The van der Waals surface area contributed by atoms with Crippen molar-refractivity contribution in [1.29, 1.82) is 0 Å². The number of rotatable bonds is 6. The van der Waals surface area contributed by atoms with Crippen molar-refractivity contribution in [3.63, 3.8) is 0 Å². The van der Waals surface area contributed by atoms with Crippen LogP contribution < -0.4 is 11.1 Å². The molecule has 1 rings (SSSR count). The molecule has 1 aromatic carbocycles. The zero-order valence-electron chi connectivity index (χ0n) is 9.07. The summed E-state index contributed by atoms with van der Waals surface area (Å²) in [5, 5.41) is 11.8. The molecule has 0 fully saturated rings. The van der Waals surface area contributed by atoms with Crippen LogP contribution in [-0.2, 0) is 11.3 Å². The molecule has 4 N–H and O–H groups in total. The lowest BCUT2D eigenvalue weighted by Gasteiger charge is -2.06. The van der Waals surface area contributed by atoms with Crippen LogP contribution >= 0.6 is 15.9 Å². The number of carbonyl (C=O) groups excluding carboxylic acids is 1. The van der Waals surface area contributed by atoms with Crippen molar-refractivity contribution in [2.45, 2.75) is 13.0 Å². The van der Waals surface area contributed by atoms with Gasteiger partial charge in [0.1, 0.15) is 0 Å². The Morgan fingerprint density at radius 2 is 2.12 bits per heavy atom. The first kappa shape index (κ1) is 13.7. The molecule has 0 unspecified atom stereocenters. The van der Waals surface area contributed by atoms with Gasteiger partial charge in [0.25, 0.3) is 0 Å².